The highest BCUT2D eigenvalue weighted by Crippen LogP contribution is 2.45. The molecule has 2 aliphatic heterocycles. The van der Waals surface area contributed by atoms with Crippen LogP contribution >= 0.6 is 0 Å². The van der Waals surface area contributed by atoms with E-state index in [1.807, 2.05) is 6.07 Å². The van der Waals surface area contributed by atoms with Gasteiger partial charge in [0.25, 0.3) is 5.79 Å². The van der Waals surface area contributed by atoms with Crippen molar-refractivity contribution in [2.24, 2.45) is 5.92 Å². The van der Waals surface area contributed by atoms with Gasteiger partial charge in [-0.3, -0.25) is 9.59 Å². The molecule has 3 rings (SSSR count). The molecule has 1 aromatic carbocycles. The lowest BCUT2D eigenvalue weighted by Gasteiger charge is -2.47. The van der Waals surface area contributed by atoms with Crippen LogP contribution in [0.15, 0.2) is 24.3 Å². The largest absolute Gasteiger partial charge is 0.465 e. The third-order valence-corrected chi connectivity index (χ3v) is 5.23. The average Bonchev–Trinajstić information content (AvgIpc) is 2.60. The van der Waals surface area contributed by atoms with E-state index in [-0.39, 0.29) is 25.9 Å². The maximum Gasteiger partial charge on any atom is 0.407 e. The van der Waals surface area contributed by atoms with Gasteiger partial charge >= 0.3 is 18.0 Å². The van der Waals surface area contributed by atoms with Crippen molar-refractivity contribution in [3.8, 4) is 6.07 Å². The summed E-state index contributed by atoms with van der Waals surface area (Å²) >= 11 is 0. The first-order valence-electron chi connectivity index (χ1n) is 8.63. The number of benzene rings is 1. The minimum Gasteiger partial charge on any atom is -0.465 e. The van der Waals surface area contributed by atoms with Gasteiger partial charge in [-0.2, -0.15) is 5.26 Å². The number of likely N-dealkylation sites (tertiary alicyclic amines) is 1. The van der Waals surface area contributed by atoms with Gasteiger partial charge in [0, 0.05) is 32.4 Å². The van der Waals surface area contributed by atoms with Crippen molar-refractivity contribution in [3.05, 3.63) is 35.4 Å². The van der Waals surface area contributed by atoms with Crippen LogP contribution in [0.25, 0.3) is 0 Å². The average molecular weight is 372 g/mol. The zero-order valence-electron chi connectivity index (χ0n) is 15.1. The van der Waals surface area contributed by atoms with Crippen molar-refractivity contribution in [1.29, 1.82) is 5.26 Å². The fourth-order valence-corrected chi connectivity index (χ4v) is 3.89. The SMILES string of the molecule is CC1(C)OC(=O)C(C2(c3ccc(C#N)cc3)CCN(C(=O)O)CC2)C(=O)O1. The van der Waals surface area contributed by atoms with E-state index in [0.29, 0.717) is 11.1 Å². The maximum atomic E-state index is 12.7. The van der Waals surface area contributed by atoms with Crippen LogP contribution in [0, 0.1) is 17.2 Å². The van der Waals surface area contributed by atoms with E-state index in [1.54, 1.807) is 24.3 Å². The lowest BCUT2D eigenvalue weighted by molar-refractivity contribution is -0.244. The molecule has 0 atom stereocenters. The van der Waals surface area contributed by atoms with E-state index in [1.165, 1.54) is 18.7 Å². The summed E-state index contributed by atoms with van der Waals surface area (Å²) in [5, 5.41) is 18.3. The lowest BCUT2D eigenvalue weighted by atomic mass is 9.64. The predicted molar refractivity (Wildman–Crippen MR) is 91.4 cm³/mol. The summed E-state index contributed by atoms with van der Waals surface area (Å²) in [4.78, 5) is 38.0. The van der Waals surface area contributed by atoms with Crippen molar-refractivity contribution in [2.75, 3.05) is 13.1 Å². The molecule has 2 fully saturated rings. The molecule has 1 aromatic rings. The summed E-state index contributed by atoms with van der Waals surface area (Å²) in [6.07, 6.45) is -0.514. The van der Waals surface area contributed by atoms with Crippen LogP contribution < -0.4 is 0 Å². The van der Waals surface area contributed by atoms with Crippen molar-refractivity contribution < 1.29 is 29.0 Å². The number of amides is 1. The molecule has 0 unspecified atom stereocenters. The van der Waals surface area contributed by atoms with Gasteiger partial charge < -0.3 is 19.5 Å². The number of piperidine rings is 1. The summed E-state index contributed by atoms with van der Waals surface area (Å²) in [5.74, 6) is -3.87. The molecule has 27 heavy (non-hydrogen) atoms. The molecule has 8 heteroatoms. The van der Waals surface area contributed by atoms with Crippen LogP contribution in [0.4, 0.5) is 4.79 Å². The summed E-state index contributed by atoms with van der Waals surface area (Å²) in [5.41, 5.74) is 0.182. The number of ether oxygens (including phenoxy) is 2. The first-order valence-corrected chi connectivity index (χ1v) is 8.63. The van der Waals surface area contributed by atoms with Gasteiger partial charge in [0.05, 0.1) is 11.6 Å². The van der Waals surface area contributed by atoms with Crippen LogP contribution in [-0.4, -0.2) is 46.9 Å². The summed E-state index contributed by atoms with van der Waals surface area (Å²) < 4.78 is 10.6. The molecule has 1 amide bonds. The monoisotopic (exact) mass is 372 g/mol. The number of hydrogen-bond acceptors (Lipinski definition) is 6. The molecule has 2 saturated heterocycles. The number of carbonyl (C=O) groups excluding carboxylic acids is 2. The number of nitrogens with zero attached hydrogens (tertiary/aromatic N) is 2. The van der Waals surface area contributed by atoms with E-state index in [4.69, 9.17) is 14.7 Å². The Balaban J connectivity index is 2.03. The van der Waals surface area contributed by atoms with Gasteiger partial charge in [-0.25, -0.2) is 4.79 Å². The van der Waals surface area contributed by atoms with E-state index in [9.17, 15) is 19.5 Å². The maximum absolute atomic E-state index is 12.7. The molecule has 0 spiro atoms. The molecule has 8 nitrogen and oxygen atoms in total. The summed E-state index contributed by atoms with van der Waals surface area (Å²) in [6, 6.07) is 8.67. The second-order valence-corrected chi connectivity index (χ2v) is 7.29. The normalized spacial score (nSPS) is 21.7. The zero-order valence-corrected chi connectivity index (χ0v) is 15.1. The molecule has 142 valence electrons. The first kappa shape index (κ1) is 18.7. The smallest absolute Gasteiger partial charge is 0.407 e. The molecule has 0 aromatic heterocycles. The van der Waals surface area contributed by atoms with E-state index >= 15 is 0 Å². The molecule has 1 N–H and O–H groups in total. The van der Waals surface area contributed by atoms with E-state index in [2.05, 4.69) is 0 Å². The minimum atomic E-state index is -1.34. The Morgan fingerprint density at radius 3 is 2.11 bits per heavy atom. The number of cyclic esters (lactones) is 2. The van der Waals surface area contributed by atoms with Gasteiger partial charge in [0.15, 0.2) is 5.92 Å². The molecule has 2 aliphatic rings. The van der Waals surface area contributed by atoms with Crippen LogP contribution in [-0.2, 0) is 24.5 Å². The third kappa shape index (κ3) is 3.33. The number of hydrogen-bond donors (Lipinski definition) is 1. The number of carboxylic acid groups (broad SMARTS) is 1. The number of rotatable bonds is 2. The van der Waals surface area contributed by atoms with Gasteiger partial charge in [0.2, 0.25) is 0 Å². The first-order chi connectivity index (χ1) is 12.7. The van der Waals surface area contributed by atoms with Crippen molar-refractivity contribution >= 4 is 18.0 Å². The number of nitriles is 1. The van der Waals surface area contributed by atoms with Crippen molar-refractivity contribution in [1.82, 2.24) is 4.90 Å². The Morgan fingerprint density at radius 2 is 1.67 bits per heavy atom. The molecule has 2 heterocycles. The lowest BCUT2D eigenvalue weighted by Crippen LogP contribution is -2.58. The summed E-state index contributed by atoms with van der Waals surface area (Å²) in [6.45, 7) is 3.33. The molecular weight excluding hydrogens is 352 g/mol. The second-order valence-electron chi connectivity index (χ2n) is 7.29. The third-order valence-electron chi connectivity index (χ3n) is 5.23. The Labute approximate surface area is 156 Å². The van der Waals surface area contributed by atoms with Crippen LogP contribution in [0.5, 0.6) is 0 Å². The number of esters is 2. The quantitative estimate of drug-likeness (QED) is 0.623. The molecule has 0 aliphatic carbocycles. The van der Waals surface area contributed by atoms with E-state index < -0.39 is 35.2 Å². The van der Waals surface area contributed by atoms with Crippen LogP contribution in [0.1, 0.15) is 37.8 Å². The van der Waals surface area contributed by atoms with Crippen molar-refractivity contribution in [3.63, 3.8) is 0 Å². The molecule has 0 saturated carbocycles. The van der Waals surface area contributed by atoms with Gasteiger partial charge in [-0.1, -0.05) is 12.1 Å². The Morgan fingerprint density at radius 1 is 1.15 bits per heavy atom. The Bertz CT molecular complexity index is 796. The fourth-order valence-electron chi connectivity index (χ4n) is 3.89. The minimum absolute atomic E-state index is 0.176. The van der Waals surface area contributed by atoms with Gasteiger partial charge in [-0.05, 0) is 30.5 Å². The van der Waals surface area contributed by atoms with Gasteiger partial charge in [0.1, 0.15) is 0 Å². The van der Waals surface area contributed by atoms with Crippen LogP contribution in [0.2, 0.25) is 0 Å². The Kier molecular flexibility index (Phi) is 4.56. The van der Waals surface area contributed by atoms with Gasteiger partial charge in [-0.15, -0.1) is 0 Å². The van der Waals surface area contributed by atoms with Crippen LogP contribution in [0.3, 0.4) is 0 Å². The fraction of sp³-hybridized carbons (Fsp3) is 0.474. The highest BCUT2D eigenvalue weighted by molar-refractivity contribution is 5.98. The van der Waals surface area contributed by atoms with E-state index in [0.717, 1.165) is 0 Å². The zero-order chi connectivity index (χ0) is 19.8. The highest BCUT2D eigenvalue weighted by Gasteiger charge is 2.56. The topological polar surface area (TPSA) is 117 Å². The molecular formula is C19H20N2O6. The highest BCUT2D eigenvalue weighted by atomic mass is 16.7. The second kappa shape index (κ2) is 6.58. The number of carbonyl (C=O) groups is 3. The van der Waals surface area contributed by atoms with Crippen molar-refractivity contribution in [2.45, 2.75) is 37.9 Å². The molecule has 0 radical (unpaired) electrons. The Hall–Kier alpha value is -3.08. The standard InChI is InChI=1S/C19H20N2O6/c1-18(2)26-15(22)14(16(23)27-18)19(7-9-21(10-8-19)17(24)25)13-5-3-12(11-20)4-6-13/h3-6,14H,7-10H2,1-2H3,(H,24,25). The summed E-state index contributed by atoms with van der Waals surface area (Å²) in [7, 11) is 0. The predicted octanol–water partition coefficient (Wildman–Crippen LogP) is 2.02. The molecule has 0 bridgehead atoms.